The Balaban J connectivity index is 1.52. The van der Waals surface area contributed by atoms with Crippen LogP contribution in [0.1, 0.15) is 52.0 Å². The Labute approximate surface area is 166 Å². The lowest BCUT2D eigenvalue weighted by Crippen LogP contribution is -2.52. The van der Waals surface area contributed by atoms with Gasteiger partial charge in [0.25, 0.3) is 11.8 Å². The number of likely N-dealkylation sites (tertiary alicyclic amines) is 1. The van der Waals surface area contributed by atoms with Gasteiger partial charge in [0.1, 0.15) is 6.04 Å². The topological polar surface area (TPSA) is 124 Å². The molecular formula is C20H21N3O6. The summed E-state index contributed by atoms with van der Waals surface area (Å²) < 4.78 is 0. The molecule has 4 rings (SSSR count). The maximum atomic E-state index is 12.9. The number of hydrogen-bond acceptors (Lipinski definition) is 5. The average molecular weight is 399 g/mol. The Kier molecular flexibility index (Phi) is 4.81. The van der Waals surface area contributed by atoms with Gasteiger partial charge in [-0.2, -0.15) is 0 Å². The SMILES string of the molecule is O=C1CCC(N2Cc3ccc(C(=O)N4CCCC(C(=O)O)C4)cc3C2=O)C(=O)N1. The van der Waals surface area contributed by atoms with E-state index >= 15 is 0 Å². The summed E-state index contributed by atoms with van der Waals surface area (Å²) in [5, 5.41) is 11.5. The van der Waals surface area contributed by atoms with Gasteiger partial charge in [-0.05, 0) is 37.0 Å². The molecule has 3 heterocycles. The molecule has 1 aromatic carbocycles. The minimum Gasteiger partial charge on any atom is -0.481 e. The first-order chi connectivity index (χ1) is 13.8. The van der Waals surface area contributed by atoms with Crippen LogP contribution >= 0.6 is 0 Å². The number of carbonyl (C=O) groups is 5. The first-order valence-corrected chi connectivity index (χ1v) is 9.65. The fourth-order valence-electron chi connectivity index (χ4n) is 4.23. The average Bonchev–Trinajstić information content (AvgIpc) is 3.03. The number of fused-ring (bicyclic) bond motifs is 1. The van der Waals surface area contributed by atoms with E-state index in [1.54, 1.807) is 12.1 Å². The third-order valence-electron chi connectivity index (χ3n) is 5.83. The number of nitrogens with zero attached hydrogens (tertiary/aromatic N) is 2. The van der Waals surface area contributed by atoms with Crippen molar-refractivity contribution in [2.24, 2.45) is 5.92 Å². The molecule has 29 heavy (non-hydrogen) atoms. The predicted octanol–water partition coefficient (Wildman–Crippen LogP) is 0.384. The molecule has 0 aliphatic carbocycles. The van der Waals surface area contributed by atoms with Crippen LogP contribution in [-0.4, -0.2) is 63.6 Å². The molecule has 9 heteroatoms. The lowest BCUT2D eigenvalue weighted by atomic mass is 9.97. The van der Waals surface area contributed by atoms with Gasteiger partial charge >= 0.3 is 5.97 Å². The van der Waals surface area contributed by atoms with E-state index in [-0.39, 0.29) is 43.7 Å². The molecule has 3 aliphatic heterocycles. The number of rotatable bonds is 3. The normalized spacial score (nSPS) is 24.3. The second kappa shape index (κ2) is 7.31. The van der Waals surface area contributed by atoms with Gasteiger partial charge in [0, 0.05) is 37.2 Å². The quantitative estimate of drug-likeness (QED) is 0.709. The predicted molar refractivity (Wildman–Crippen MR) is 98.8 cm³/mol. The summed E-state index contributed by atoms with van der Waals surface area (Å²) in [5.74, 6) is -2.95. The van der Waals surface area contributed by atoms with Crippen LogP contribution in [0.5, 0.6) is 0 Å². The Morgan fingerprint density at radius 3 is 2.66 bits per heavy atom. The van der Waals surface area contributed by atoms with Gasteiger partial charge in [-0.25, -0.2) is 0 Å². The van der Waals surface area contributed by atoms with Crippen LogP contribution in [0.2, 0.25) is 0 Å². The fraction of sp³-hybridized carbons (Fsp3) is 0.450. The van der Waals surface area contributed by atoms with Crippen molar-refractivity contribution in [2.75, 3.05) is 13.1 Å². The maximum Gasteiger partial charge on any atom is 0.308 e. The lowest BCUT2D eigenvalue weighted by molar-refractivity contribution is -0.143. The standard InChI is InChI=1S/C20H21N3O6/c24-16-6-5-15(17(25)21-16)23-10-12-4-3-11(8-14(12)19(23)27)18(26)22-7-1-2-13(9-22)20(28)29/h3-4,8,13,15H,1-2,5-7,9-10H2,(H,28,29)(H,21,24,25). The molecule has 2 atom stereocenters. The molecule has 9 nitrogen and oxygen atoms in total. The largest absolute Gasteiger partial charge is 0.481 e. The van der Waals surface area contributed by atoms with Gasteiger partial charge in [0.05, 0.1) is 5.92 Å². The van der Waals surface area contributed by atoms with E-state index in [1.165, 1.54) is 15.9 Å². The number of piperidine rings is 2. The number of aliphatic carboxylic acids is 1. The van der Waals surface area contributed by atoms with E-state index in [4.69, 9.17) is 0 Å². The van der Waals surface area contributed by atoms with Crippen LogP contribution in [0.3, 0.4) is 0 Å². The Bertz CT molecular complexity index is 927. The van der Waals surface area contributed by atoms with E-state index in [0.717, 1.165) is 5.56 Å². The van der Waals surface area contributed by atoms with Crippen LogP contribution in [-0.2, 0) is 20.9 Å². The van der Waals surface area contributed by atoms with E-state index in [0.29, 0.717) is 30.5 Å². The number of nitrogens with one attached hydrogen (secondary N) is 1. The number of carbonyl (C=O) groups excluding carboxylic acids is 4. The van der Waals surface area contributed by atoms with E-state index < -0.39 is 23.8 Å². The Morgan fingerprint density at radius 2 is 1.93 bits per heavy atom. The highest BCUT2D eigenvalue weighted by atomic mass is 16.4. The van der Waals surface area contributed by atoms with E-state index in [9.17, 15) is 29.1 Å². The van der Waals surface area contributed by atoms with Gasteiger partial charge in [0.2, 0.25) is 11.8 Å². The molecule has 2 fully saturated rings. The van der Waals surface area contributed by atoms with Crippen LogP contribution in [0.15, 0.2) is 18.2 Å². The van der Waals surface area contributed by atoms with Crippen molar-refractivity contribution in [3.63, 3.8) is 0 Å². The number of benzene rings is 1. The van der Waals surface area contributed by atoms with Crippen LogP contribution in [0.4, 0.5) is 0 Å². The van der Waals surface area contributed by atoms with Crippen molar-refractivity contribution >= 4 is 29.6 Å². The smallest absolute Gasteiger partial charge is 0.308 e. The second-order valence-corrected chi connectivity index (χ2v) is 7.70. The molecule has 2 saturated heterocycles. The van der Waals surface area contributed by atoms with Gasteiger partial charge in [0.15, 0.2) is 0 Å². The number of hydrogen-bond donors (Lipinski definition) is 2. The Morgan fingerprint density at radius 1 is 1.14 bits per heavy atom. The first-order valence-electron chi connectivity index (χ1n) is 9.65. The molecule has 4 amide bonds. The molecule has 0 saturated carbocycles. The molecule has 152 valence electrons. The highest BCUT2D eigenvalue weighted by Gasteiger charge is 2.39. The summed E-state index contributed by atoms with van der Waals surface area (Å²) in [4.78, 5) is 63.4. The minimum atomic E-state index is -0.911. The first kappa shape index (κ1) is 19.1. The number of carboxylic acid groups (broad SMARTS) is 1. The van der Waals surface area contributed by atoms with Crippen molar-refractivity contribution in [3.8, 4) is 0 Å². The zero-order valence-corrected chi connectivity index (χ0v) is 15.7. The highest BCUT2D eigenvalue weighted by molar-refractivity contribution is 6.06. The molecule has 2 unspecified atom stereocenters. The summed E-state index contributed by atoms with van der Waals surface area (Å²) in [6.07, 6.45) is 1.62. The minimum absolute atomic E-state index is 0.154. The number of carboxylic acids is 1. The van der Waals surface area contributed by atoms with Crippen LogP contribution in [0.25, 0.3) is 0 Å². The van der Waals surface area contributed by atoms with Crippen LogP contribution < -0.4 is 5.32 Å². The van der Waals surface area contributed by atoms with Gasteiger partial charge in [-0.3, -0.25) is 29.3 Å². The zero-order chi connectivity index (χ0) is 20.7. The molecule has 0 aromatic heterocycles. The maximum absolute atomic E-state index is 12.9. The van der Waals surface area contributed by atoms with Gasteiger partial charge in [-0.1, -0.05) is 6.07 Å². The van der Waals surface area contributed by atoms with E-state index in [1.807, 2.05) is 0 Å². The molecule has 0 spiro atoms. The van der Waals surface area contributed by atoms with Crippen molar-refractivity contribution < 1.29 is 29.1 Å². The zero-order valence-electron chi connectivity index (χ0n) is 15.7. The summed E-state index contributed by atoms with van der Waals surface area (Å²) in [6.45, 7) is 0.886. The molecule has 0 bridgehead atoms. The molecule has 3 aliphatic rings. The highest BCUT2D eigenvalue weighted by Crippen LogP contribution is 2.29. The number of amides is 4. The summed E-state index contributed by atoms with van der Waals surface area (Å²) >= 11 is 0. The van der Waals surface area contributed by atoms with Gasteiger partial charge < -0.3 is 14.9 Å². The lowest BCUT2D eigenvalue weighted by Gasteiger charge is -2.30. The summed E-state index contributed by atoms with van der Waals surface area (Å²) in [7, 11) is 0. The fourth-order valence-corrected chi connectivity index (χ4v) is 4.23. The molecule has 2 N–H and O–H groups in total. The molecule has 1 aromatic rings. The third-order valence-corrected chi connectivity index (χ3v) is 5.83. The second-order valence-electron chi connectivity index (χ2n) is 7.70. The van der Waals surface area contributed by atoms with Crippen molar-refractivity contribution in [1.82, 2.24) is 15.1 Å². The summed E-state index contributed by atoms with van der Waals surface area (Å²) in [5.41, 5.74) is 1.42. The third kappa shape index (κ3) is 3.48. The molecule has 0 radical (unpaired) electrons. The summed E-state index contributed by atoms with van der Waals surface area (Å²) in [6, 6.07) is 4.15. The van der Waals surface area contributed by atoms with E-state index in [2.05, 4.69) is 5.32 Å². The van der Waals surface area contributed by atoms with Crippen molar-refractivity contribution in [3.05, 3.63) is 34.9 Å². The monoisotopic (exact) mass is 399 g/mol. The van der Waals surface area contributed by atoms with Crippen molar-refractivity contribution in [2.45, 2.75) is 38.3 Å². The van der Waals surface area contributed by atoms with Gasteiger partial charge in [-0.15, -0.1) is 0 Å². The van der Waals surface area contributed by atoms with Crippen LogP contribution in [0, 0.1) is 5.92 Å². The van der Waals surface area contributed by atoms with Crippen molar-refractivity contribution in [1.29, 1.82) is 0 Å². The molecular weight excluding hydrogens is 378 g/mol. The number of imide groups is 1. The Hall–Kier alpha value is -3.23.